The van der Waals surface area contributed by atoms with Crippen molar-refractivity contribution in [2.45, 2.75) is 61.2 Å². The Morgan fingerprint density at radius 2 is 0.855 bits per heavy atom. The van der Waals surface area contributed by atoms with Crippen LogP contribution >= 0.6 is 0 Å². The number of hydrogen-bond donors (Lipinski definition) is 0. The molecule has 0 aromatic heterocycles. The third-order valence-electron chi connectivity index (χ3n) is 9.29. The highest BCUT2D eigenvalue weighted by molar-refractivity contribution is 7.85. The summed E-state index contributed by atoms with van der Waals surface area (Å²) in [5, 5.41) is 0. The summed E-state index contributed by atoms with van der Waals surface area (Å²) in [5.41, 5.74) is 2.78. The lowest BCUT2D eigenvalue weighted by molar-refractivity contribution is -0.255. The summed E-state index contributed by atoms with van der Waals surface area (Å²) in [6, 6.07) is 40.0. The van der Waals surface area contributed by atoms with Crippen LogP contribution in [0, 0.1) is 0 Å². The van der Waals surface area contributed by atoms with E-state index in [1.807, 2.05) is 127 Å². The maximum atomic E-state index is 14.6. The van der Waals surface area contributed by atoms with Gasteiger partial charge < -0.3 is 42.6 Å². The van der Waals surface area contributed by atoms with Gasteiger partial charge in [0.15, 0.2) is 5.44 Å². The molecule has 1 heterocycles. The van der Waals surface area contributed by atoms with Crippen LogP contribution in [0.25, 0.3) is 0 Å². The van der Waals surface area contributed by atoms with Gasteiger partial charge in [0, 0.05) is 4.90 Å². The molecule has 0 aliphatic carbocycles. The van der Waals surface area contributed by atoms with E-state index in [0.717, 1.165) is 45.3 Å². The molecule has 290 valence electrons. The molecule has 6 atom stereocenters. The van der Waals surface area contributed by atoms with Gasteiger partial charge in [-0.1, -0.05) is 66.7 Å². The summed E-state index contributed by atoms with van der Waals surface area (Å²) >= 11 is 0. The van der Waals surface area contributed by atoms with Crippen LogP contribution in [0.2, 0.25) is 0 Å². The van der Waals surface area contributed by atoms with Gasteiger partial charge in [0.1, 0.15) is 47.4 Å². The van der Waals surface area contributed by atoms with Gasteiger partial charge in [0.2, 0.25) is 0 Å². The van der Waals surface area contributed by atoms with Gasteiger partial charge in [-0.2, -0.15) is 0 Å². The van der Waals surface area contributed by atoms with Crippen LogP contribution in [0.3, 0.4) is 0 Å². The molecule has 5 aromatic carbocycles. The molecular formula is C44H48O10S. The van der Waals surface area contributed by atoms with E-state index in [2.05, 4.69) is 0 Å². The molecule has 1 saturated heterocycles. The van der Waals surface area contributed by atoms with Gasteiger partial charge >= 0.3 is 0 Å². The van der Waals surface area contributed by atoms with Crippen molar-refractivity contribution in [3.8, 4) is 23.0 Å². The summed E-state index contributed by atoms with van der Waals surface area (Å²) in [7, 11) is 4.86. The van der Waals surface area contributed by atoms with E-state index in [4.69, 9.17) is 42.6 Å². The first-order valence-corrected chi connectivity index (χ1v) is 19.2. The van der Waals surface area contributed by atoms with Crippen molar-refractivity contribution in [1.29, 1.82) is 0 Å². The Bertz CT molecular complexity index is 1890. The van der Waals surface area contributed by atoms with Gasteiger partial charge in [0.05, 0.1) is 72.3 Å². The zero-order valence-electron chi connectivity index (χ0n) is 31.5. The molecule has 1 unspecified atom stereocenters. The number of rotatable bonds is 19. The quantitative estimate of drug-likeness (QED) is 0.0839. The molecule has 0 radical (unpaired) electrons. The molecule has 55 heavy (non-hydrogen) atoms. The zero-order valence-corrected chi connectivity index (χ0v) is 32.4. The van der Waals surface area contributed by atoms with Gasteiger partial charge in [-0.05, 0) is 82.9 Å². The number of benzene rings is 5. The molecule has 0 amide bonds. The maximum absolute atomic E-state index is 14.6. The minimum absolute atomic E-state index is 0.134. The molecular weight excluding hydrogens is 721 g/mol. The molecule has 10 nitrogen and oxygen atoms in total. The minimum Gasteiger partial charge on any atom is -0.497 e. The second-order valence-corrected chi connectivity index (χ2v) is 14.4. The van der Waals surface area contributed by atoms with E-state index in [1.54, 1.807) is 28.4 Å². The Labute approximate surface area is 325 Å². The molecule has 11 heteroatoms. The second kappa shape index (κ2) is 20.2. The standard InChI is InChI=1S/C44H48O10S/c1-46-35-18-10-31(11-19-35)26-50-30-40-41(51-27-32-12-20-36(47-2)21-13-32)42(52-28-33-14-22-37(48-3)23-15-33)43(53-29-34-16-24-38(49-4)25-17-34)44(54-40)55(45)39-8-6-5-7-9-39/h5-25,40-44H,26-30H2,1-4H3/t40-,41-,42+,43-,44+,55?/m1/s1. The van der Waals surface area contributed by atoms with Crippen molar-refractivity contribution in [1.82, 2.24) is 0 Å². The normalized spacial score (nSPS) is 20.0. The fraction of sp³-hybridized carbons (Fsp3) is 0.318. The van der Waals surface area contributed by atoms with E-state index in [9.17, 15) is 4.21 Å². The molecule has 0 spiro atoms. The molecule has 1 aliphatic heterocycles. The van der Waals surface area contributed by atoms with Gasteiger partial charge in [0.25, 0.3) is 0 Å². The fourth-order valence-electron chi connectivity index (χ4n) is 6.20. The van der Waals surface area contributed by atoms with E-state index < -0.39 is 40.7 Å². The minimum atomic E-state index is -1.66. The smallest absolute Gasteiger partial charge is 0.166 e. The summed E-state index contributed by atoms with van der Waals surface area (Å²) < 4.78 is 69.5. The van der Waals surface area contributed by atoms with Crippen molar-refractivity contribution < 1.29 is 46.8 Å². The predicted molar refractivity (Wildman–Crippen MR) is 209 cm³/mol. The largest absolute Gasteiger partial charge is 0.497 e. The number of ether oxygens (including phenoxy) is 9. The van der Waals surface area contributed by atoms with Crippen LogP contribution in [0.15, 0.2) is 132 Å². The van der Waals surface area contributed by atoms with E-state index in [-0.39, 0.29) is 26.4 Å². The summed E-state index contributed by atoms with van der Waals surface area (Å²) in [5.74, 6) is 2.98. The Morgan fingerprint density at radius 1 is 0.473 bits per heavy atom. The van der Waals surface area contributed by atoms with Crippen LogP contribution in [-0.2, 0) is 60.9 Å². The first-order valence-electron chi connectivity index (χ1n) is 18.0. The summed E-state index contributed by atoms with van der Waals surface area (Å²) in [6.07, 6.45) is -2.93. The third kappa shape index (κ3) is 10.9. The monoisotopic (exact) mass is 768 g/mol. The van der Waals surface area contributed by atoms with Gasteiger partial charge in [-0.3, -0.25) is 4.21 Å². The van der Waals surface area contributed by atoms with Gasteiger partial charge in [-0.15, -0.1) is 0 Å². The highest BCUT2D eigenvalue weighted by Gasteiger charge is 2.50. The Hall–Kier alpha value is -4.75. The molecule has 0 bridgehead atoms. The van der Waals surface area contributed by atoms with Crippen molar-refractivity contribution in [2.75, 3.05) is 35.0 Å². The molecule has 1 fully saturated rings. The molecule has 5 aromatic rings. The fourth-order valence-corrected chi connectivity index (χ4v) is 7.61. The summed E-state index contributed by atoms with van der Waals surface area (Å²) in [6.45, 7) is 1.12. The van der Waals surface area contributed by atoms with E-state index >= 15 is 0 Å². The van der Waals surface area contributed by atoms with E-state index in [1.165, 1.54) is 0 Å². The van der Waals surface area contributed by atoms with Crippen molar-refractivity contribution in [3.05, 3.63) is 150 Å². The van der Waals surface area contributed by atoms with Crippen LogP contribution < -0.4 is 18.9 Å². The number of hydrogen-bond acceptors (Lipinski definition) is 10. The average molecular weight is 769 g/mol. The van der Waals surface area contributed by atoms with Crippen LogP contribution in [0.4, 0.5) is 0 Å². The Kier molecular flexibility index (Phi) is 14.7. The topological polar surface area (TPSA) is 100 Å². The first kappa shape index (κ1) is 39.9. The van der Waals surface area contributed by atoms with Crippen LogP contribution in [-0.4, -0.2) is 69.1 Å². The Morgan fingerprint density at radius 3 is 1.27 bits per heavy atom. The lowest BCUT2D eigenvalue weighted by Gasteiger charge is -2.45. The highest BCUT2D eigenvalue weighted by atomic mass is 32.2. The second-order valence-electron chi connectivity index (χ2n) is 12.9. The van der Waals surface area contributed by atoms with Crippen molar-refractivity contribution in [2.24, 2.45) is 0 Å². The lowest BCUT2D eigenvalue weighted by atomic mass is 9.98. The van der Waals surface area contributed by atoms with Crippen LogP contribution in [0.5, 0.6) is 23.0 Å². The van der Waals surface area contributed by atoms with Crippen molar-refractivity contribution >= 4 is 10.8 Å². The summed E-state index contributed by atoms with van der Waals surface area (Å²) in [4.78, 5) is 0.606. The van der Waals surface area contributed by atoms with Crippen LogP contribution in [0.1, 0.15) is 22.3 Å². The zero-order chi connectivity index (χ0) is 38.4. The maximum Gasteiger partial charge on any atom is 0.166 e. The SMILES string of the molecule is COc1ccc(COC[C@H]2O[C@@H](S(=O)c3ccccc3)[C@H](OCc3ccc(OC)cc3)[C@@H](OCc3ccc(OC)cc3)[C@@H]2OCc2ccc(OC)cc2)cc1. The molecule has 0 N–H and O–H groups in total. The molecule has 0 saturated carbocycles. The Balaban J connectivity index is 1.35. The van der Waals surface area contributed by atoms with Crippen molar-refractivity contribution in [3.63, 3.8) is 0 Å². The lowest BCUT2D eigenvalue weighted by Crippen LogP contribution is -2.62. The van der Waals surface area contributed by atoms with E-state index in [0.29, 0.717) is 11.5 Å². The predicted octanol–water partition coefficient (Wildman–Crippen LogP) is 7.53. The first-order chi connectivity index (χ1) is 27.0. The third-order valence-corrected chi connectivity index (χ3v) is 10.8. The molecule has 6 rings (SSSR count). The van der Waals surface area contributed by atoms with Gasteiger partial charge in [-0.25, -0.2) is 0 Å². The molecule has 1 aliphatic rings. The average Bonchev–Trinajstić information content (AvgIpc) is 3.25. The number of methoxy groups -OCH3 is 4. The highest BCUT2D eigenvalue weighted by Crippen LogP contribution is 2.34.